The minimum absolute atomic E-state index is 0.259. The van der Waals surface area contributed by atoms with Crippen LogP contribution in [0.5, 0.6) is 11.5 Å². The van der Waals surface area contributed by atoms with Crippen molar-refractivity contribution in [3.05, 3.63) is 108 Å². The third-order valence-electron chi connectivity index (χ3n) is 5.89. The standard InChI is InChI=1S/C30H30O2S2/c1-21(27-19-25(15-17-29(27)31-3)23-11-7-5-8-12-23)33-34-22(2)28-20-26(16-18-30(28)32-4)24-13-9-6-10-14-24/h5-22H,1-4H3/t21-,22-/m1/s1. The first-order valence-corrected chi connectivity index (χ1v) is 13.7. The summed E-state index contributed by atoms with van der Waals surface area (Å²) in [7, 11) is 7.22. The lowest BCUT2D eigenvalue weighted by molar-refractivity contribution is 0.410. The van der Waals surface area contributed by atoms with Crippen molar-refractivity contribution in [2.45, 2.75) is 24.3 Å². The number of ether oxygens (including phenoxy) is 2. The van der Waals surface area contributed by atoms with Crippen molar-refractivity contribution in [3.63, 3.8) is 0 Å². The van der Waals surface area contributed by atoms with Gasteiger partial charge in [0.2, 0.25) is 0 Å². The molecule has 4 rings (SSSR count). The quantitative estimate of drug-likeness (QED) is 0.219. The van der Waals surface area contributed by atoms with Crippen molar-refractivity contribution >= 4 is 21.6 Å². The molecule has 0 bridgehead atoms. The molecule has 174 valence electrons. The fourth-order valence-electron chi connectivity index (χ4n) is 3.99. The van der Waals surface area contributed by atoms with Crippen molar-refractivity contribution in [3.8, 4) is 33.8 Å². The topological polar surface area (TPSA) is 18.5 Å². The Labute approximate surface area is 211 Å². The predicted octanol–water partition coefficient (Wildman–Crippen LogP) is 9.24. The van der Waals surface area contributed by atoms with E-state index >= 15 is 0 Å². The first-order valence-electron chi connectivity index (χ1n) is 11.4. The summed E-state index contributed by atoms with van der Waals surface area (Å²) in [5, 5.41) is 0.517. The average molecular weight is 487 g/mol. The summed E-state index contributed by atoms with van der Waals surface area (Å²) in [6.45, 7) is 4.49. The van der Waals surface area contributed by atoms with Gasteiger partial charge in [-0.25, -0.2) is 0 Å². The van der Waals surface area contributed by atoms with Gasteiger partial charge in [-0.2, -0.15) is 0 Å². The molecule has 0 radical (unpaired) electrons. The van der Waals surface area contributed by atoms with Gasteiger partial charge in [0.15, 0.2) is 0 Å². The number of benzene rings is 4. The van der Waals surface area contributed by atoms with Gasteiger partial charge in [0, 0.05) is 21.6 Å². The first kappa shape index (κ1) is 24.3. The van der Waals surface area contributed by atoms with Crippen LogP contribution < -0.4 is 9.47 Å². The Bertz CT molecular complexity index is 1110. The van der Waals surface area contributed by atoms with Crippen LogP contribution in [-0.4, -0.2) is 14.2 Å². The summed E-state index contributed by atoms with van der Waals surface area (Å²) in [5.74, 6) is 1.85. The van der Waals surface area contributed by atoms with Crippen molar-refractivity contribution in [2.24, 2.45) is 0 Å². The van der Waals surface area contributed by atoms with Crippen LogP contribution in [0, 0.1) is 0 Å². The third-order valence-corrected chi connectivity index (χ3v) is 9.16. The molecule has 0 aromatic heterocycles. The van der Waals surface area contributed by atoms with E-state index in [4.69, 9.17) is 9.47 Å². The zero-order valence-electron chi connectivity index (χ0n) is 20.0. The van der Waals surface area contributed by atoms with Gasteiger partial charge in [-0.15, -0.1) is 0 Å². The smallest absolute Gasteiger partial charge is 0.123 e. The lowest BCUT2D eigenvalue weighted by atomic mass is 10.0. The van der Waals surface area contributed by atoms with Crippen LogP contribution in [0.4, 0.5) is 0 Å². The molecular weight excluding hydrogens is 456 g/mol. The van der Waals surface area contributed by atoms with E-state index < -0.39 is 0 Å². The molecule has 0 aliphatic heterocycles. The van der Waals surface area contributed by atoms with E-state index in [0.717, 1.165) is 11.5 Å². The van der Waals surface area contributed by atoms with Crippen LogP contribution in [-0.2, 0) is 0 Å². The van der Waals surface area contributed by atoms with Gasteiger partial charge in [-0.05, 0) is 60.4 Å². The minimum atomic E-state index is 0.259. The molecule has 0 amide bonds. The zero-order chi connectivity index (χ0) is 23.9. The molecule has 0 N–H and O–H groups in total. The maximum absolute atomic E-state index is 5.71. The van der Waals surface area contributed by atoms with Gasteiger partial charge < -0.3 is 9.47 Å². The summed E-state index contributed by atoms with van der Waals surface area (Å²) < 4.78 is 11.4. The second-order valence-corrected chi connectivity index (χ2v) is 11.1. The number of hydrogen-bond acceptors (Lipinski definition) is 4. The summed E-state index contributed by atoms with van der Waals surface area (Å²) >= 11 is 0. The molecule has 0 spiro atoms. The fraction of sp³-hybridized carbons (Fsp3) is 0.200. The van der Waals surface area contributed by atoms with E-state index in [9.17, 15) is 0 Å². The second-order valence-electron chi connectivity index (χ2n) is 8.12. The molecule has 0 saturated heterocycles. The van der Waals surface area contributed by atoms with E-state index in [1.54, 1.807) is 14.2 Å². The van der Waals surface area contributed by atoms with Crippen molar-refractivity contribution < 1.29 is 9.47 Å². The Morgan fingerprint density at radius 1 is 0.500 bits per heavy atom. The molecule has 0 aliphatic rings. The molecule has 4 aromatic carbocycles. The summed E-state index contributed by atoms with van der Waals surface area (Å²) in [6, 6.07) is 33.9. The van der Waals surface area contributed by atoms with E-state index in [-0.39, 0.29) is 10.5 Å². The van der Waals surface area contributed by atoms with Gasteiger partial charge in [0.05, 0.1) is 14.2 Å². The fourth-order valence-corrected chi connectivity index (χ4v) is 6.53. The van der Waals surface area contributed by atoms with Crippen LogP contribution in [0.25, 0.3) is 22.3 Å². The van der Waals surface area contributed by atoms with Crippen LogP contribution in [0.2, 0.25) is 0 Å². The molecule has 0 heterocycles. The Morgan fingerprint density at radius 3 is 1.24 bits per heavy atom. The number of hydrogen-bond donors (Lipinski definition) is 0. The van der Waals surface area contributed by atoms with Gasteiger partial charge in [0.1, 0.15) is 11.5 Å². The third kappa shape index (κ3) is 5.63. The predicted molar refractivity (Wildman–Crippen MR) is 149 cm³/mol. The van der Waals surface area contributed by atoms with Crippen LogP contribution in [0.15, 0.2) is 97.1 Å². The molecule has 34 heavy (non-hydrogen) atoms. The highest BCUT2D eigenvalue weighted by Crippen LogP contribution is 2.50. The van der Waals surface area contributed by atoms with Gasteiger partial charge in [-0.3, -0.25) is 0 Å². The Balaban J connectivity index is 1.54. The SMILES string of the molecule is COc1ccc(-c2ccccc2)cc1[C@@H](C)SS[C@H](C)c1cc(-c2ccccc2)ccc1OC. The Morgan fingerprint density at radius 2 is 0.882 bits per heavy atom. The lowest BCUT2D eigenvalue weighted by Crippen LogP contribution is -1.97. The summed E-state index contributed by atoms with van der Waals surface area (Å²) in [5.41, 5.74) is 7.26. The van der Waals surface area contributed by atoms with E-state index in [2.05, 4.69) is 98.8 Å². The van der Waals surface area contributed by atoms with Crippen molar-refractivity contribution in [1.29, 1.82) is 0 Å². The molecule has 0 unspecified atom stereocenters. The molecule has 2 nitrogen and oxygen atoms in total. The van der Waals surface area contributed by atoms with E-state index in [0.29, 0.717) is 0 Å². The van der Waals surface area contributed by atoms with E-state index in [1.807, 2.05) is 33.7 Å². The number of methoxy groups -OCH3 is 2. The highest BCUT2D eigenvalue weighted by molar-refractivity contribution is 8.76. The maximum atomic E-state index is 5.71. The normalized spacial score (nSPS) is 12.7. The second kappa shape index (κ2) is 11.5. The van der Waals surface area contributed by atoms with Crippen LogP contribution in [0.3, 0.4) is 0 Å². The summed E-state index contributed by atoms with van der Waals surface area (Å²) in [6.07, 6.45) is 0. The van der Waals surface area contributed by atoms with Crippen molar-refractivity contribution in [1.82, 2.24) is 0 Å². The first-order chi connectivity index (χ1) is 16.6. The van der Waals surface area contributed by atoms with E-state index in [1.165, 1.54) is 33.4 Å². The average Bonchev–Trinajstić information content (AvgIpc) is 2.91. The van der Waals surface area contributed by atoms with Crippen LogP contribution in [0.1, 0.15) is 35.5 Å². The summed E-state index contributed by atoms with van der Waals surface area (Å²) in [4.78, 5) is 0. The Hall–Kier alpha value is -2.82. The van der Waals surface area contributed by atoms with Crippen molar-refractivity contribution in [2.75, 3.05) is 14.2 Å². The molecular formula is C30H30O2S2. The van der Waals surface area contributed by atoms with Gasteiger partial charge in [0.25, 0.3) is 0 Å². The molecule has 0 saturated carbocycles. The largest absolute Gasteiger partial charge is 0.496 e. The zero-order valence-corrected chi connectivity index (χ0v) is 21.7. The molecule has 2 atom stereocenters. The number of rotatable bonds is 9. The highest BCUT2D eigenvalue weighted by atomic mass is 33.1. The monoisotopic (exact) mass is 486 g/mol. The molecule has 0 fully saturated rings. The van der Waals surface area contributed by atoms with Gasteiger partial charge >= 0.3 is 0 Å². The Kier molecular flexibility index (Phi) is 8.25. The molecule has 4 heteroatoms. The maximum Gasteiger partial charge on any atom is 0.123 e. The molecule has 0 aliphatic carbocycles. The van der Waals surface area contributed by atoms with Gasteiger partial charge in [-0.1, -0.05) is 94.4 Å². The van der Waals surface area contributed by atoms with Crippen LogP contribution >= 0.6 is 21.6 Å². The highest BCUT2D eigenvalue weighted by Gasteiger charge is 2.19. The minimum Gasteiger partial charge on any atom is -0.496 e. The molecule has 4 aromatic rings. The lowest BCUT2D eigenvalue weighted by Gasteiger charge is -2.20.